The van der Waals surface area contributed by atoms with Gasteiger partial charge in [-0.25, -0.2) is 4.52 Å². The summed E-state index contributed by atoms with van der Waals surface area (Å²) in [6, 6.07) is 7.57. The molecule has 0 spiro atoms. The Balaban J connectivity index is 1.65. The molecule has 0 atom stereocenters. The lowest BCUT2D eigenvalue weighted by molar-refractivity contribution is 0.942. The first-order valence-corrected chi connectivity index (χ1v) is 7.28. The van der Waals surface area contributed by atoms with E-state index in [0.717, 1.165) is 22.9 Å². The zero-order valence-electron chi connectivity index (χ0n) is 9.81. The number of nitrogens with zero attached hydrogens (tertiary/aromatic N) is 3. The molecule has 0 radical (unpaired) electrons. The zero-order valence-corrected chi connectivity index (χ0v) is 12.1. The highest BCUT2D eigenvalue weighted by Gasteiger charge is 2.04. The van der Waals surface area contributed by atoms with Crippen LogP contribution in [-0.2, 0) is 6.42 Å². The Morgan fingerprint density at radius 3 is 2.89 bits per heavy atom. The molecule has 3 heterocycles. The second kappa shape index (κ2) is 5.36. The molecule has 98 valence electrons. The fourth-order valence-corrected chi connectivity index (χ4v) is 2.96. The molecule has 0 aliphatic rings. The van der Waals surface area contributed by atoms with Crippen LogP contribution in [0.2, 0.25) is 9.36 Å². The lowest BCUT2D eigenvalue weighted by atomic mass is 10.3. The van der Waals surface area contributed by atoms with Crippen LogP contribution in [0.3, 0.4) is 0 Å². The first-order chi connectivity index (χ1) is 9.20. The normalized spacial score (nSPS) is 11.1. The van der Waals surface area contributed by atoms with Crippen molar-refractivity contribution >= 4 is 46.1 Å². The van der Waals surface area contributed by atoms with Gasteiger partial charge in [0.25, 0.3) is 0 Å². The fourth-order valence-electron chi connectivity index (χ4n) is 1.72. The van der Waals surface area contributed by atoms with E-state index >= 15 is 0 Å². The van der Waals surface area contributed by atoms with Crippen molar-refractivity contribution in [2.24, 2.45) is 0 Å². The maximum Gasteiger partial charge on any atom is 0.243 e. The number of fused-ring (bicyclic) bond motifs is 1. The smallest absolute Gasteiger partial charge is 0.243 e. The molecule has 0 aliphatic carbocycles. The Morgan fingerprint density at radius 1 is 1.21 bits per heavy atom. The third-order valence-corrected chi connectivity index (χ3v) is 4.09. The average Bonchev–Trinajstić information content (AvgIpc) is 2.95. The molecule has 0 unspecified atom stereocenters. The number of hydrogen-bond donors (Lipinski definition) is 1. The van der Waals surface area contributed by atoms with Gasteiger partial charge in [0.1, 0.15) is 0 Å². The molecule has 0 aromatic carbocycles. The van der Waals surface area contributed by atoms with E-state index in [2.05, 4.69) is 15.4 Å². The van der Waals surface area contributed by atoms with Crippen LogP contribution in [-0.4, -0.2) is 21.1 Å². The summed E-state index contributed by atoms with van der Waals surface area (Å²) in [7, 11) is 0. The van der Waals surface area contributed by atoms with E-state index in [1.807, 2.05) is 18.2 Å². The van der Waals surface area contributed by atoms with Crippen molar-refractivity contribution in [3.63, 3.8) is 0 Å². The number of halogens is 2. The van der Waals surface area contributed by atoms with Crippen molar-refractivity contribution in [1.29, 1.82) is 0 Å². The van der Waals surface area contributed by atoms with Crippen molar-refractivity contribution in [2.75, 3.05) is 11.9 Å². The van der Waals surface area contributed by atoms with Crippen LogP contribution in [0.15, 0.2) is 30.5 Å². The van der Waals surface area contributed by atoms with Gasteiger partial charge in [-0.2, -0.15) is 4.98 Å². The van der Waals surface area contributed by atoms with Gasteiger partial charge in [-0.05, 0) is 30.7 Å². The number of anilines is 1. The molecule has 0 amide bonds. The van der Waals surface area contributed by atoms with Gasteiger partial charge in [0.2, 0.25) is 5.95 Å². The first-order valence-electron chi connectivity index (χ1n) is 5.71. The second-order valence-electron chi connectivity index (χ2n) is 3.97. The minimum atomic E-state index is 0.602. The second-order valence-corrected chi connectivity index (χ2v) is 6.20. The summed E-state index contributed by atoms with van der Waals surface area (Å²) >= 11 is 13.4. The van der Waals surface area contributed by atoms with Crippen LogP contribution in [0.4, 0.5) is 5.95 Å². The number of pyridine rings is 1. The minimum Gasteiger partial charge on any atom is -0.353 e. The van der Waals surface area contributed by atoms with E-state index < -0.39 is 0 Å². The van der Waals surface area contributed by atoms with Crippen LogP contribution in [0, 0.1) is 0 Å². The van der Waals surface area contributed by atoms with Gasteiger partial charge >= 0.3 is 0 Å². The summed E-state index contributed by atoms with van der Waals surface area (Å²) in [6.07, 6.45) is 2.63. The summed E-state index contributed by atoms with van der Waals surface area (Å²) in [5.41, 5.74) is 0.770. The minimum absolute atomic E-state index is 0.602. The number of rotatable bonds is 4. The van der Waals surface area contributed by atoms with Crippen LogP contribution in [0.5, 0.6) is 0 Å². The van der Waals surface area contributed by atoms with Gasteiger partial charge in [0, 0.05) is 17.6 Å². The summed E-state index contributed by atoms with van der Waals surface area (Å²) in [6.45, 7) is 0.765. The van der Waals surface area contributed by atoms with E-state index in [1.165, 1.54) is 4.88 Å². The van der Waals surface area contributed by atoms with Crippen molar-refractivity contribution in [2.45, 2.75) is 6.42 Å². The monoisotopic (exact) mass is 312 g/mol. The number of thiophene rings is 1. The van der Waals surface area contributed by atoms with Crippen LogP contribution in [0.25, 0.3) is 5.65 Å². The van der Waals surface area contributed by atoms with Crippen molar-refractivity contribution in [1.82, 2.24) is 14.6 Å². The molecule has 3 aromatic rings. The average molecular weight is 313 g/mol. The molecular weight excluding hydrogens is 303 g/mol. The lowest BCUT2D eigenvalue weighted by Gasteiger charge is -1.98. The van der Waals surface area contributed by atoms with Gasteiger partial charge in [-0.15, -0.1) is 16.4 Å². The Morgan fingerprint density at radius 2 is 2.11 bits per heavy atom. The van der Waals surface area contributed by atoms with Gasteiger partial charge in [0.05, 0.1) is 9.36 Å². The highest BCUT2D eigenvalue weighted by atomic mass is 35.5. The zero-order chi connectivity index (χ0) is 13.2. The molecule has 0 saturated heterocycles. The summed E-state index contributed by atoms with van der Waals surface area (Å²) in [5.74, 6) is 0.602. The fraction of sp³-hybridized carbons (Fsp3) is 0.167. The Bertz CT molecular complexity index is 707. The van der Waals surface area contributed by atoms with Crippen molar-refractivity contribution < 1.29 is 0 Å². The molecule has 3 rings (SSSR count). The summed E-state index contributed by atoms with van der Waals surface area (Å²) < 4.78 is 2.47. The first kappa shape index (κ1) is 12.7. The van der Waals surface area contributed by atoms with E-state index in [4.69, 9.17) is 23.2 Å². The van der Waals surface area contributed by atoms with E-state index in [9.17, 15) is 0 Å². The van der Waals surface area contributed by atoms with E-state index in [-0.39, 0.29) is 0 Å². The Kier molecular flexibility index (Phi) is 3.59. The van der Waals surface area contributed by atoms with Gasteiger partial charge in [0.15, 0.2) is 5.65 Å². The quantitative estimate of drug-likeness (QED) is 0.797. The molecule has 0 saturated carbocycles. The van der Waals surface area contributed by atoms with Crippen LogP contribution < -0.4 is 5.32 Å². The predicted molar refractivity (Wildman–Crippen MR) is 79.5 cm³/mol. The van der Waals surface area contributed by atoms with Crippen LogP contribution >= 0.6 is 34.5 Å². The lowest BCUT2D eigenvalue weighted by Crippen LogP contribution is -2.05. The standard InChI is InChI=1S/C12H10Cl2N4S/c13-8-1-4-11-16-12(17-18(11)7-8)15-6-5-9-2-3-10(14)19-9/h1-4,7H,5-6H2,(H,15,17). The number of nitrogens with one attached hydrogen (secondary N) is 1. The molecule has 0 fully saturated rings. The molecule has 4 nitrogen and oxygen atoms in total. The predicted octanol–water partition coefficient (Wildman–Crippen LogP) is 3.75. The molecule has 1 N–H and O–H groups in total. The molecule has 7 heteroatoms. The molecule has 3 aromatic heterocycles. The number of hydrogen-bond acceptors (Lipinski definition) is 4. The van der Waals surface area contributed by atoms with E-state index in [1.54, 1.807) is 28.1 Å². The topological polar surface area (TPSA) is 42.2 Å². The SMILES string of the molecule is Clc1ccc2nc(NCCc3ccc(Cl)s3)nn2c1. The third kappa shape index (κ3) is 3.00. The largest absolute Gasteiger partial charge is 0.353 e. The molecule has 19 heavy (non-hydrogen) atoms. The van der Waals surface area contributed by atoms with Crippen molar-refractivity contribution in [3.8, 4) is 0 Å². The summed E-state index contributed by atoms with van der Waals surface area (Å²) in [5, 5.41) is 8.12. The van der Waals surface area contributed by atoms with Gasteiger partial charge in [-0.3, -0.25) is 0 Å². The third-order valence-electron chi connectivity index (χ3n) is 2.58. The van der Waals surface area contributed by atoms with Crippen molar-refractivity contribution in [3.05, 3.63) is 44.7 Å². The van der Waals surface area contributed by atoms with E-state index in [0.29, 0.717) is 11.0 Å². The Hall–Kier alpha value is -1.30. The highest BCUT2D eigenvalue weighted by molar-refractivity contribution is 7.16. The molecule has 0 aliphatic heterocycles. The van der Waals surface area contributed by atoms with Gasteiger partial charge in [-0.1, -0.05) is 23.2 Å². The van der Waals surface area contributed by atoms with Gasteiger partial charge < -0.3 is 5.32 Å². The maximum atomic E-state index is 5.89. The highest BCUT2D eigenvalue weighted by Crippen LogP contribution is 2.21. The Labute approximate surface area is 124 Å². The summed E-state index contributed by atoms with van der Waals surface area (Å²) in [4.78, 5) is 5.59. The maximum absolute atomic E-state index is 5.89. The van der Waals surface area contributed by atoms with Crippen LogP contribution in [0.1, 0.15) is 4.88 Å². The number of aromatic nitrogens is 3. The molecular formula is C12H10Cl2N4S. The molecule has 0 bridgehead atoms.